The molecular weight excluding hydrogens is 228 g/mol. The van der Waals surface area contributed by atoms with Crippen LogP contribution < -0.4 is 11.1 Å². The van der Waals surface area contributed by atoms with Crippen LogP contribution in [0.2, 0.25) is 0 Å². The molecule has 2 aromatic rings. The average Bonchev–Trinajstić information content (AvgIpc) is 2.88. The Kier molecular flexibility index (Phi) is 4.02. The van der Waals surface area contributed by atoms with Gasteiger partial charge >= 0.3 is 0 Å². The van der Waals surface area contributed by atoms with Crippen molar-refractivity contribution in [1.82, 2.24) is 5.32 Å². The number of aryl methyl sites for hydroxylation is 1. The van der Waals surface area contributed by atoms with Gasteiger partial charge in [0.15, 0.2) is 0 Å². The number of nitrogens with two attached hydrogens (primary N) is 1. The Bertz CT molecular complexity index is 506. The van der Waals surface area contributed by atoms with Crippen molar-refractivity contribution in [2.45, 2.75) is 12.8 Å². The summed E-state index contributed by atoms with van der Waals surface area (Å²) < 4.78 is 5.21. The van der Waals surface area contributed by atoms with Crippen LogP contribution >= 0.6 is 0 Å². The van der Waals surface area contributed by atoms with Gasteiger partial charge in [0.1, 0.15) is 5.76 Å². The van der Waals surface area contributed by atoms with Gasteiger partial charge in [-0.2, -0.15) is 0 Å². The summed E-state index contributed by atoms with van der Waals surface area (Å²) in [5, 5.41) is 2.84. The van der Waals surface area contributed by atoms with Crippen molar-refractivity contribution in [3.05, 3.63) is 54.0 Å². The Hall–Kier alpha value is -2.23. The quantitative estimate of drug-likeness (QED) is 0.626. The van der Waals surface area contributed by atoms with Crippen LogP contribution in [0.15, 0.2) is 47.1 Å². The molecule has 0 saturated carbocycles. The fourth-order valence-electron chi connectivity index (χ4n) is 1.72. The number of anilines is 1. The average molecular weight is 244 g/mol. The monoisotopic (exact) mass is 244 g/mol. The van der Waals surface area contributed by atoms with Gasteiger partial charge in [0.25, 0.3) is 5.91 Å². The summed E-state index contributed by atoms with van der Waals surface area (Å²) in [6, 6.07) is 10.8. The lowest BCUT2D eigenvalue weighted by Crippen LogP contribution is -2.25. The van der Waals surface area contributed by atoms with Gasteiger partial charge in [-0.05, 0) is 30.7 Å². The van der Waals surface area contributed by atoms with Crippen LogP contribution in [-0.2, 0) is 6.42 Å². The second-order valence-electron chi connectivity index (χ2n) is 4.03. The molecular formula is C14H16N2O2. The molecule has 0 fully saturated rings. The van der Waals surface area contributed by atoms with Crippen LogP contribution in [-0.4, -0.2) is 12.5 Å². The lowest BCUT2D eigenvalue weighted by Gasteiger charge is -2.06. The molecule has 0 atom stereocenters. The van der Waals surface area contributed by atoms with Crippen molar-refractivity contribution in [3.8, 4) is 0 Å². The van der Waals surface area contributed by atoms with Crippen molar-refractivity contribution in [1.29, 1.82) is 0 Å². The Morgan fingerprint density at radius 3 is 2.78 bits per heavy atom. The molecule has 0 radical (unpaired) electrons. The van der Waals surface area contributed by atoms with Crippen LogP contribution in [0.5, 0.6) is 0 Å². The molecule has 0 spiro atoms. The molecule has 0 unspecified atom stereocenters. The maximum atomic E-state index is 11.8. The first-order valence-electron chi connectivity index (χ1n) is 5.92. The van der Waals surface area contributed by atoms with E-state index in [1.165, 1.54) is 0 Å². The fourth-order valence-corrected chi connectivity index (χ4v) is 1.72. The molecule has 4 nitrogen and oxygen atoms in total. The molecule has 1 aromatic carbocycles. The van der Waals surface area contributed by atoms with Crippen LogP contribution in [0.3, 0.4) is 0 Å². The lowest BCUT2D eigenvalue weighted by molar-refractivity contribution is 0.0954. The second kappa shape index (κ2) is 5.91. The lowest BCUT2D eigenvalue weighted by atomic mass is 10.1. The molecule has 0 aliphatic heterocycles. The van der Waals surface area contributed by atoms with E-state index in [1.54, 1.807) is 24.5 Å². The summed E-state index contributed by atoms with van der Waals surface area (Å²) in [5.74, 6) is 0.802. The standard InChI is InChI=1S/C14H16N2O2/c15-13-8-2-1-7-12(13)14(17)16-9-3-5-11-6-4-10-18-11/h1-2,4,6-8,10H,3,5,9,15H2,(H,16,17). The van der Waals surface area contributed by atoms with Gasteiger partial charge < -0.3 is 15.5 Å². The zero-order valence-corrected chi connectivity index (χ0v) is 10.1. The van der Waals surface area contributed by atoms with Crippen LogP contribution in [0.25, 0.3) is 0 Å². The minimum atomic E-state index is -0.132. The summed E-state index contributed by atoms with van der Waals surface area (Å²) >= 11 is 0. The highest BCUT2D eigenvalue weighted by molar-refractivity contribution is 5.98. The normalized spacial score (nSPS) is 10.2. The zero-order chi connectivity index (χ0) is 12.8. The summed E-state index contributed by atoms with van der Waals surface area (Å²) in [4.78, 5) is 11.8. The number of amides is 1. The van der Waals surface area contributed by atoms with E-state index in [1.807, 2.05) is 18.2 Å². The Morgan fingerprint density at radius 2 is 2.06 bits per heavy atom. The van der Waals surface area contributed by atoms with Gasteiger partial charge in [-0.1, -0.05) is 12.1 Å². The third-order valence-electron chi connectivity index (χ3n) is 2.67. The van der Waals surface area contributed by atoms with Crippen LogP contribution in [0.1, 0.15) is 22.5 Å². The van der Waals surface area contributed by atoms with Gasteiger partial charge in [0.2, 0.25) is 0 Å². The molecule has 94 valence electrons. The van der Waals surface area contributed by atoms with Crippen molar-refractivity contribution in [3.63, 3.8) is 0 Å². The number of hydrogen-bond acceptors (Lipinski definition) is 3. The van der Waals surface area contributed by atoms with E-state index in [0.717, 1.165) is 18.6 Å². The predicted molar refractivity (Wildman–Crippen MR) is 70.2 cm³/mol. The molecule has 0 saturated heterocycles. The molecule has 1 heterocycles. The van der Waals surface area contributed by atoms with E-state index in [4.69, 9.17) is 10.2 Å². The van der Waals surface area contributed by atoms with Gasteiger partial charge in [-0.15, -0.1) is 0 Å². The van der Waals surface area contributed by atoms with Crippen molar-refractivity contribution >= 4 is 11.6 Å². The first kappa shape index (κ1) is 12.2. The van der Waals surface area contributed by atoms with Gasteiger partial charge in [-0.25, -0.2) is 0 Å². The third-order valence-corrected chi connectivity index (χ3v) is 2.67. The molecule has 0 aliphatic carbocycles. The Labute approximate surface area is 106 Å². The topological polar surface area (TPSA) is 68.3 Å². The number of hydrogen-bond donors (Lipinski definition) is 2. The molecule has 0 bridgehead atoms. The summed E-state index contributed by atoms with van der Waals surface area (Å²) in [5.41, 5.74) is 6.75. The van der Waals surface area contributed by atoms with Crippen LogP contribution in [0, 0.1) is 0 Å². The number of carbonyl (C=O) groups excluding carboxylic acids is 1. The molecule has 1 aromatic heterocycles. The Morgan fingerprint density at radius 1 is 1.22 bits per heavy atom. The third kappa shape index (κ3) is 3.13. The highest BCUT2D eigenvalue weighted by atomic mass is 16.3. The number of carbonyl (C=O) groups is 1. The molecule has 4 heteroatoms. The first-order chi connectivity index (χ1) is 8.77. The Balaban J connectivity index is 1.77. The maximum Gasteiger partial charge on any atom is 0.253 e. The van der Waals surface area contributed by atoms with Gasteiger partial charge in [-0.3, -0.25) is 4.79 Å². The minimum absolute atomic E-state index is 0.132. The van der Waals surface area contributed by atoms with E-state index in [2.05, 4.69) is 5.32 Å². The predicted octanol–water partition coefficient (Wildman–Crippen LogP) is 2.22. The van der Waals surface area contributed by atoms with Crippen molar-refractivity contribution in [2.75, 3.05) is 12.3 Å². The largest absolute Gasteiger partial charge is 0.469 e. The van der Waals surface area contributed by atoms with E-state index in [9.17, 15) is 4.79 Å². The van der Waals surface area contributed by atoms with Crippen molar-refractivity contribution < 1.29 is 9.21 Å². The van der Waals surface area contributed by atoms with Gasteiger partial charge in [0, 0.05) is 18.7 Å². The van der Waals surface area contributed by atoms with E-state index >= 15 is 0 Å². The fraction of sp³-hybridized carbons (Fsp3) is 0.214. The molecule has 0 aliphatic rings. The molecule has 1 amide bonds. The zero-order valence-electron chi connectivity index (χ0n) is 10.1. The summed E-state index contributed by atoms with van der Waals surface area (Å²) in [7, 11) is 0. The number of nitrogen functional groups attached to an aromatic ring is 1. The number of furan rings is 1. The van der Waals surface area contributed by atoms with Gasteiger partial charge in [0.05, 0.1) is 11.8 Å². The van der Waals surface area contributed by atoms with Crippen LogP contribution in [0.4, 0.5) is 5.69 Å². The minimum Gasteiger partial charge on any atom is -0.469 e. The number of para-hydroxylation sites is 1. The summed E-state index contributed by atoms with van der Waals surface area (Å²) in [6.45, 7) is 0.605. The number of rotatable bonds is 5. The van der Waals surface area contributed by atoms with E-state index in [-0.39, 0.29) is 5.91 Å². The second-order valence-corrected chi connectivity index (χ2v) is 4.03. The summed E-state index contributed by atoms with van der Waals surface area (Å²) in [6.07, 6.45) is 3.31. The first-order valence-corrected chi connectivity index (χ1v) is 5.92. The SMILES string of the molecule is Nc1ccccc1C(=O)NCCCc1ccco1. The smallest absolute Gasteiger partial charge is 0.253 e. The molecule has 18 heavy (non-hydrogen) atoms. The maximum absolute atomic E-state index is 11.8. The number of benzene rings is 1. The van der Waals surface area contributed by atoms with Crippen molar-refractivity contribution in [2.24, 2.45) is 0 Å². The highest BCUT2D eigenvalue weighted by Gasteiger charge is 2.07. The highest BCUT2D eigenvalue weighted by Crippen LogP contribution is 2.10. The molecule has 3 N–H and O–H groups in total. The molecule has 2 rings (SSSR count). The number of nitrogens with one attached hydrogen (secondary N) is 1. The van der Waals surface area contributed by atoms with E-state index in [0.29, 0.717) is 17.8 Å². The van der Waals surface area contributed by atoms with E-state index < -0.39 is 0 Å².